The number of rotatable bonds is 3. The minimum atomic E-state index is -0.271. The largest absolute Gasteiger partial charge is 0.495 e. The fourth-order valence-electron chi connectivity index (χ4n) is 4.90. The van der Waals surface area contributed by atoms with E-state index < -0.39 is 0 Å². The summed E-state index contributed by atoms with van der Waals surface area (Å²) in [6.45, 7) is 0.539. The van der Waals surface area contributed by atoms with Crippen molar-refractivity contribution in [3.63, 3.8) is 0 Å². The quantitative estimate of drug-likeness (QED) is 0.701. The van der Waals surface area contributed by atoms with Crippen molar-refractivity contribution in [2.45, 2.75) is 44.4 Å². The molecule has 3 aliphatic rings. The molecule has 5 nitrogen and oxygen atoms in total. The maximum absolute atomic E-state index is 12.3. The van der Waals surface area contributed by atoms with E-state index in [0.717, 1.165) is 16.1 Å². The lowest BCUT2D eigenvalue weighted by atomic mass is 9.82. The highest BCUT2D eigenvalue weighted by Crippen LogP contribution is 2.47. The zero-order chi connectivity index (χ0) is 20.0. The van der Waals surface area contributed by atoms with Gasteiger partial charge in [0, 0.05) is 16.5 Å². The molecule has 0 spiro atoms. The molecule has 4 heterocycles. The molecule has 2 aliphatic heterocycles. The number of allylic oxidation sites excluding steroid dienone is 1. The van der Waals surface area contributed by atoms with Gasteiger partial charge >= 0.3 is 5.97 Å². The first kappa shape index (κ1) is 18.7. The van der Waals surface area contributed by atoms with Crippen LogP contribution in [0.4, 0.5) is 0 Å². The van der Waals surface area contributed by atoms with E-state index in [1.165, 1.54) is 73.2 Å². The molecule has 5 rings (SSSR count). The van der Waals surface area contributed by atoms with Crippen molar-refractivity contribution in [2.24, 2.45) is 0 Å². The van der Waals surface area contributed by atoms with Crippen molar-refractivity contribution in [3.05, 3.63) is 45.2 Å². The summed E-state index contributed by atoms with van der Waals surface area (Å²) in [4.78, 5) is 14.1. The van der Waals surface area contributed by atoms with Gasteiger partial charge in [-0.1, -0.05) is 37.1 Å². The molecule has 0 saturated heterocycles. The molecule has 0 atom stereocenters. The van der Waals surface area contributed by atoms with Gasteiger partial charge in [-0.15, -0.1) is 0 Å². The first-order valence-corrected chi connectivity index (χ1v) is 11.1. The Morgan fingerprint density at radius 3 is 2.79 bits per heavy atom. The Morgan fingerprint density at radius 1 is 1.21 bits per heavy atom. The van der Waals surface area contributed by atoms with Gasteiger partial charge in [-0.2, -0.15) is 0 Å². The van der Waals surface area contributed by atoms with Gasteiger partial charge in [0.25, 0.3) is 0 Å². The average molecular weight is 412 g/mol. The van der Waals surface area contributed by atoms with Crippen LogP contribution in [0.2, 0.25) is 0 Å². The van der Waals surface area contributed by atoms with E-state index in [9.17, 15) is 4.79 Å². The lowest BCUT2D eigenvalue weighted by molar-refractivity contribution is -0.135. The standard InChI is InChI=1S/C23H25NO4S/c1-26-19-11-9-16-20(14-6-4-3-5-7-14)21-17(24(16)19)13-28-12-15-8-10-18(23(25)27-2)29-22(15)21/h9-11,13-14H,3-8,12H2,1-2H3. The topological polar surface area (TPSA) is 49.2 Å². The Balaban J connectivity index is 1.74. The van der Waals surface area contributed by atoms with Crippen molar-refractivity contribution in [1.29, 1.82) is 0 Å². The van der Waals surface area contributed by atoms with Gasteiger partial charge in [0.15, 0.2) is 5.88 Å². The van der Waals surface area contributed by atoms with Gasteiger partial charge in [0.05, 0.1) is 30.0 Å². The highest BCUT2D eigenvalue weighted by atomic mass is 32.2. The van der Waals surface area contributed by atoms with Crippen molar-refractivity contribution in [2.75, 3.05) is 20.8 Å². The Bertz CT molecular complexity index is 1090. The van der Waals surface area contributed by atoms with Gasteiger partial charge < -0.3 is 14.2 Å². The van der Waals surface area contributed by atoms with E-state index >= 15 is 0 Å². The summed E-state index contributed by atoms with van der Waals surface area (Å²) in [5, 5.41) is 1.02. The van der Waals surface area contributed by atoms with Gasteiger partial charge in [0.1, 0.15) is 12.9 Å². The van der Waals surface area contributed by atoms with E-state index in [-0.39, 0.29) is 5.97 Å². The summed E-state index contributed by atoms with van der Waals surface area (Å²) < 4.78 is 18.8. The highest BCUT2D eigenvalue weighted by molar-refractivity contribution is 8.12. The number of nitrogens with zero attached hydrogens (tertiary/aromatic N) is 1. The lowest BCUT2D eigenvalue weighted by Gasteiger charge is -2.25. The second kappa shape index (κ2) is 7.48. The summed E-state index contributed by atoms with van der Waals surface area (Å²) in [5.74, 6) is 1.06. The van der Waals surface area contributed by atoms with Crippen LogP contribution < -0.4 is 10.1 Å². The Hall–Kier alpha value is -2.34. The molecule has 1 saturated carbocycles. The molecule has 0 unspecified atom stereocenters. The summed E-state index contributed by atoms with van der Waals surface area (Å²) in [7, 11) is 3.14. The van der Waals surface area contributed by atoms with Crippen LogP contribution in [0.3, 0.4) is 0 Å². The molecule has 2 aromatic heterocycles. The number of aromatic nitrogens is 1. The fraction of sp³-hybridized carbons (Fsp3) is 0.435. The number of thioether (sulfide) groups is 1. The zero-order valence-corrected chi connectivity index (χ0v) is 17.6. The number of ether oxygens (including phenoxy) is 3. The van der Waals surface area contributed by atoms with Crippen LogP contribution in [0, 0.1) is 0 Å². The zero-order valence-electron chi connectivity index (χ0n) is 16.8. The van der Waals surface area contributed by atoms with Crippen molar-refractivity contribution < 1.29 is 19.0 Å². The SMILES string of the molecule is COC(=O)C1=CCC2=C(S1)c1c(C3CCCCC3)c3ccc(OC)n3c1=COC2. The molecular formula is C23H25NO4S. The molecule has 1 fully saturated rings. The van der Waals surface area contributed by atoms with Crippen molar-refractivity contribution >= 4 is 34.4 Å². The average Bonchev–Trinajstić information content (AvgIpc) is 3.26. The third-order valence-electron chi connectivity index (χ3n) is 6.24. The van der Waals surface area contributed by atoms with Crippen LogP contribution in [-0.2, 0) is 14.3 Å². The predicted octanol–water partition coefficient (Wildman–Crippen LogP) is 4.39. The molecule has 29 heavy (non-hydrogen) atoms. The second-order valence-corrected chi connectivity index (χ2v) is 8.89. The number of methoxy groups -OCH3 is 2. The predicted molar refractivity (Wildman–Crippen MR) is 115 cm³/mol. The van der Waals surface area contributed by atoms with E-state index in [1.807, 2.05) is 18.4 Å². The number of carbonyl (C=O) groups is 1. The van der Waals surface area contributed by atoms with Gasteiger partial charge in [-0.05, 0) is 42.4 Å². The second-order valence-electron chi connectivity index (χ2n) is 7.83. The third kappa shape index (κ3) is 2.96. The first-order chi connectivity index (χ1) is 14.2. The Labute approximate surface area is 174 Å². The summed E-state index contributed by atoms with van der Waals surface area (Å²) >= 11 is 1.53. The summed E-state index contributed by atoms with van der Waals surface area (Å²) in [5.41, 5.74) is 5.03. The van der Waals surface area contributed by atoms with E-state index in [1.54, 1.807) is 7.11 Å². The lowest BCUT2D eigenvalue weighted by Crippen LogP contribution is -2.15. The normalized spacial score (nSPS) is 19.6. The molecule has 152 valence electrons. The molecule has 0 radical (unpaired) electrons. The molecular weight excluding hydrogens is 386 g/mol. The van der Waals surface area contributed by atoms with E-state index in [4.69, 9.17) is 14.2 Å². The van der Waals surface area contributed by atoms with E-state index in [2.05, 4.69) is 10.5 Å². The summed E-state index contributed by atoms with van der Waals surface area (Å²) in [6, 6.07) is 4.19. The van der Waals surface area contributed by atoms with Gasteiger partial charge in [-0.3, -0.25) is 4.40 Å². The summed E-state index contributed by atoms with van der Waals surface area (Å²) in [6.07, 6.45) is 10.8. The van der Waals surface area contributed by atoms with Crippen LogP contribution in [0.1, 0.15) is 55.6 Å². The van der Waals surface area contributed by atoms with Crippen molar-refractivity contribution in [1.82, 2.24) is 4.40 Å². The number of hydrogen-bond donors (Lipinski definition) is 0. The Morgan fingerprint density at radius 2 is 2.03 bits per heavy atom. The Kier molecular flexibility index (Phi) is 4.82. The van der Waals surface area contributed by atoms with Crippen LogP contribution in [0.25, 0.3) is 16.7 Å². The van der Waals surface area contributed by atoms with Crippen LogP contribution in [-0.4, -0.2) is 31.2 Å². The van der Waals surface area contributed by atoms with Crippen molar-refractivity contribution in [3.8, 4) is 5.88 Å². The van der Waals surface area contributed by atoms with Gasteiger partial charge in [0.2, 0.25) is 0 Å². The number of esters is 1. The number of fused-ring (bicyclic) bond motifs is 4. The molecule has 0 aromatic carbocycles. The number of carbonyl (C=O) groups excluding carboxylic acids is 1. The number of hydrogen-bond acceptors (Lipinski definition) is 5. The minimum Gasteiger partial charge on any atom is -0.495 e. The smallest absolute Gasteiger partial charge is 0.344 e. The van der Waals surface area contributed by atoms with Crippen LogP contribution >= 0.6 is 11.8 Å². The molecule has 6 heteroatoms. The maximum Gasteiger partial charge on any atom is 0.344 e. The fourth-order valence-corrected chi connectivity index (χ4v) is 6.06. The van der Waals surface area contributed by atoms with Crippen LogP contribution in [0.5, 0.6) is 5.88 Å². The molecule has 0 bridgehead atoms. The van der Waals surface area contributed by atoms with Crippen LogP contribution in [0.15, 0.2) is 28.7 Å². The molecule has 1 aliphatic carbocycles. The first-order valence-electron chi connectivity index (χ1n) is 10.2. The molecule has 0 N–H and O–H groups in total. The third-order valence-corrected chi connectivity index (χ3v) is 7.49. The highest BCUT2D eigenvalue weighted by Gasteiger charge is 2.32. The monoisotopic (exact) mass is 411 g/mol. The minimum absolute atomic E-state index is 0.271. The van der Waals surface area contributed by atoms with Gasteiger partial charge in [-0.25, -0.2) is 4.79 Å². The van der Waals surface area contributed by atoms with E-state index in [0.29, 0.717) is 23.9 Å². The maximum atomic E-state index is 12.3. The molecule has 2 aromatic rings. The molecule has 0 amide bonds.